The average Bonchev–Trinajstić information content (AvgIpc) is 3.09. The lowest BCUT2D eigenvalue weighted by molar-refractivity contribution is -0.122. The molecule has 2 aromatic rings. The van der Waals surface area contributed by atoms with Gasteiger partial charge in [0, 0.05) is 18.7 Å². The van der Waals surface area contributed by atoms with Crippen molar-refractivity contribution in [2.45, 2.75) is 33.1 Å². The van der Waals surface area contributed by atoms with Crippen LogP contribution in [0, 0.1) is 17.2 Å². The van der Waals surface area contributed by atoms with Crippen molar-refractivity contribution in [3.63, 3.8) is 0 Å². The van der Waals surface area contributed by atoms with Crippen LogP contribution in [0.1, 0.15) is 37.0 Å². The molecule has 3 rings (SSSR count). The van der Waals surface area contributed by atoms with E-state index in [1.54, 1.807) is 29.2 Å². The zero-order valence-corrected chi connectivity index (χ0v) is 15.7. The van der Waals surface area contributed by atoms with Crippen LogP contribution in [0.5, 0.6) is 0 Å². The predicted octanol–water partition coefficient (Wildman–Crippen LogP) is 3.67. The van der Waals surface area contributed by atoms with Crippen molar-refractivity contribution in [2.75, 3.05) is 16.8 Å². The summed E-state index contributed by atoms with van der Waals surface area (Å²) in [5, 5.41) is 12.3. The number of rotatable bonds is 5. The van der Waals surface area contributed by atoms with E-state index < -0.39 is 5.92 Å². The van der Waals surface area contributed by atoms with Crippen LogP contribution >= 0.6 is 0 Å². The van der Waals surface area contributed by atoms with Crippen LogP contribution in [0.2, 0.25) is 0 Å². The molecule has 5 nitrogen and oxygen atoms in total. The second-order valence-electron chi connectivity index (χ2n) is 6.68. The Balaban J connectivity index is 1.80. The van der Waals surface area contributed by atoms with E-state index in [1.165, 1.54) is 0 Å². The summed E-state index contributed by atoms with van der Waals surface area (Å²) in [6.45, 7) is 4.41. The molecule has 2 amide bonds. The van der Waals surface area contributed by atoms with E-state index in [-0.39, 0.29) is 18.2 Å². The number of nitrogens with zero attached hydrogens (tertiary/aromatic N) is 2. The minimum atomic E-state index is -0.432. The minimum absolute atomic E-state index is 0.127. The highest BCUT2D eigenvalue weighted by atomic mass is 16.2. The molecule has 27 heavy (non-hydrogen) atoms. The Bertz CT molecular complexity index is 892. The lowest BCUT2D eigenvalue weighted by Crippen LogP contribution is -2.29. The van der Waals surface area contributed by atoms with Gasteiger partial charge in [0.2, 0.25) is 11.8 Å². The fourth-order valence-corrected chi connectivity index (χ4v) is 3.55. The summed E-state index contributed by atoms with van der Waals surface area (Å²) in [5.74, 6) is -0.702. The van der Waals surface area contributed by atoms with Crippen molar-refractivity contribution in [1.82, 2.24) is 0 Å². The molecule has 0 saturated carbocycles. The fourth-order valence-electron chi connectivity index (χ4n) is 3.55. The number of carbonyl (C=O) groups excluding carboxylic acids is 2. The van der Waals surface area contributed by atoms with Crippen LogP contribution in [0.4, 0.5) is 11.4 Å². The van der Waals surface area contributed by atoms with E-state index in [4.69, 9.17) is 0 Å². The molecule has 0 aliphatic carbocycles. The van der Waals surface area contributed by atoms with Crippen molar-refractivity contribution in [1.29, 1.82) is 5.26 Å². The maximum atomic E-state index is 12.9. The Morgan fingerprint density at radius 2 is 1.81 bits per heavy atom. The quantitative estimate of drug-likeness (QED) is 0.883. The average molecular weight is 361 g/mol. The Morgan fingerprint density at radius 3 is 2.44 bits per heavy atom. The normalized spacial score (nSPS) is 16.3. The highest BCUT2D eigenvalue weighted by Gasteiger charge is 2.36. The number of hydrogen-bond acceptors (Lipinski definition) is 3. The SMILES string of the molecule is CCc1cccc(CC)c1NC(=O)C1CC(=O)N(c2ccccc2C#N)C1. The molecule has 5 heteroatoms. The minimum Gasteiger partial charge on any atom is -0.325 e. The van der Waals surface area contributed by atoms with E-state index in [1.807, 2.05) is 18.2 Å². The molecule has 1 aliphatic heterocycles. The predicted molar refractivity (Wildman–Crippen MR) is 105 cm³/mol. The van der Waals surface area contributed by atoms with Crippen molar-refractivity contribution in [3.05, 3.63) is 59.2 Å². The van der Waals surface area contributed by atoms with Crippen molar-refractivity contribution in [2.24, 2.45) is 5.92 Å². The van der Waals surface area contributed by atoms with Gasteiger partial charge in [-0.3, -0.25) is 9.59 Å². The fraction of sp³-hybridized carbons (Fsp3) is 0.318. The van der Waals surface area contributed by atoms with Gasteiger partial charge >= 0.3 is 0 Å². The molecule has 1 N–H and O–H groups in total. The highest BCUT2D eigenvalue weighted by molar-refractivity contribution is 6.04. The number of benzene rings is 2. The molecule has 0 radical (unpaired) electrons. The van der Waals surface area contributed by atoms with Gasteiger partial charge in [-0.2, -0.15) is 5.26 Å². The summed E-state index contributed by atoms with van der Waals surface area (Å²) in [7, 11) is 0. The second kappa shape index (κ2) is 8.05. The first-order valence-corrected chi connectivity index (χ1v) is 9.30. The third-order valence-corrected chi connectivity index (χ3v) is 5.06. The van der Waals surface area contributed by atoms with Crippen LogP contribution in [0.25, 0.3) is 0 Å². The van der Waals surface area contributed by atoms with Gasteiger partial charge in [0.05, 0.1) is 17.2 Å². The van der Waals surface area contributed by atoms with Gasteiger partial charge in [0.1, 0.15) is 6.07 Å². The maximum absolute atomic E-state index is 12.9. The first kappa shape index (κ1) is 18.7. The van der Waals surface area contributed by atoms with E-state index in [0.29, 0.717) is 17.8 Å². The van der Waals surface area contributed by atoms with Gasteiger partial charge < -0.3 is 10.2 Å². The largest absolute Gasteiger partial charge is 0.325 e. The molecule has 0 spiro atoms. The second-order valence-corrected chi connectivity index (χ2v) is 6.68. The van der Waals surface area contributed by atoms with Crippen LogP contribution in [-0.4, -0.2) is 18.4 Å². The van der Waals surface area contributed by atoms with Crippen molar-refractivity contribution < 1.29 is 9.59 Å². The van der Waals surface area contributed by atoms with Crippen molar-refractivity contribution >= 4 is 23.2 Å². The summed E-state index contributed by atoms with van der Waals surface area (Å²) in [5.41, 5.74) is 4.08. The molecule has 138 valence electrons. The molecular formula is C22H23N3O2. The van der Waals surface area contributed by atoms with Gasteiger partial charge in [0.15, 0.2) is 0 Å². The molecule has 1 fully saturated rings. The Kier molecular flexibility index (Phi) is 5.56. The number of hydrogen-bond donors (Lipinski definition) is 1. The number of nitrogens with one attached hydrogen (secondary N) is 1. The number of nitriles is 1. The highest BCUT2D eigenvalue weighted by Crippen LogP contribution is 2.29. The smallest absolute Gasteiger partial charge is 0.229 e. The van der Waals surface area contributed by atoms with E-state index in [2.05, 4.69) is 25.2 Å². The molecule has 1 unspecified atom stereocenters. The summed E-state index contributed by atoms with van der Waals surface area (Å²) in [4.78, 5) is 26.9. The van der Waals surface area contributed by atoms with Crippen LogP contribution in [-0.2, 0) is 22.4 Å². The molecule has 0 aromatic heterocycles. The number of amides is 2. The summed E-state index contributed by atoms with van der Waals surface area (Å²) in [6.07, 6.45) is 1.81. The topological polar surface area (TPSA) is 73.2 Å². The summed E-state index contributed by atoms with van der Waals surface area (Å²) < 4.78 is 0. The zero-order valence-electron chi connectivity index (χ0n) is 15.7. The zero-order chi connectivity index (χ0) is 19.4. The van der Waals surface area contributed by atoms with Crippen molar-refractivity contribution in [3.8, 4) is 6.07 Å². The maximum Gasteiger partial charge on any atom is 0.229 e. The third-order valence-electron chi connectivity index (χ3n) is 5.06. The number of aryl methyl sites for hydroxylation is 2. The first-order chi connectivity index (χ1) is 13.1. The van der Waals surface area contributed by atoms with Crippen LogP contribution < -0.4 is 10.2 Å². The monoisotopic (exact) mass is 361 g/mol. The summed E-state index contributed by atoms with van der Waals surface area (Å²) >= 11 is 0. The van der Waals surface area contributed by atoms with Gasteiger partial charge in [-0.25, -0.2) is 0 Å². The summed E-state index contributed by atoms with van der Waals surface area (Å²) in [6, 6.07) is 15.1. The Morgan fingerprint density at radius 1 is 1.15 bits per heavy atom. The van der Waals surface area contributed by atoms with Gasteiger partial charge in [0.25, 0.3) is 0 Å². The van der Waals surface area contributed by atoms with Gasteiger partial charge in [-0.05, 0) is 36.1 Å². The molecule has 1 saturated heterocycles. The van der Waals surface area contributed by atoms with E-state index >= 15 is 0 Å². The van der Waals surface area contributed by atoms with Gasteiger partial charge in [-0.1, -0.05) is 44.2 Å². The number of carbonyl (C=O) groups is 2. The number of para-hydroxylation sites is 2. The third kappa shape index (κ3) is 3.70. The standard InChI is InChI=1S/C22H23N3O2/c1-3-15-9-7-10-16(4-2)21(15)24-22(27)18-12-20(26)25(14-18)19-11-6-5-8-17(19)13-23/h5-11,18H,3-4,12,14H2,1-2H3,(H,24,27). The number of anilines is 2. The molecular weight excluding hydrogens is 338 g/mol. The molecule has 1 atom stereocenters. The van der Waals surface area contributed by atoms with Crippen LogP contribution in [0.3, 0.4) is 0 Å². The lowest BCUT2D eigenvalue weighted by atomic mass is 10.0. The molecule has 1 heterocycles. The molecule has 0 bridgehead atoms. The Labute approximate surface area is 159 Å². The van der Waals surface area contributed by atoms with E-state index in [9.17, 15) is 14.9 Å². The van der Waals surface area contributed by atoms with E-state index in [0.717, 1.165) is 29.7 Å². The van der Waals surface area contributed by atoms with Gasteiger partial charge in [-0.15, -0.1) is 0 Å². The Hall–Kier alpha value is -3.13. The lowest BCUT2D eigenvalue weighted by Gasteiger charge is -2.19. The molecule has 2 aromatic carbocycles. The molecule has 1 aliphatic rings. The van der Waals surface area contributed by atoms with Crippen LogP contribution in [0.15, 0.2) is 42.5 Å². The first-order valence-electron chi connectivity index (χ1n) is 9.30.